The van der Waals surface area contributed by atoms with Crippen molar-refractivity contribution in [3.05, 3.63) is 78.4 Å². The van der Waals surface area contributed by atoms with Crippen LogP contribution in [0.4, 0.5) is 5.69 Å². The Bertz CT molecular complexity index is 1100. The number of imidazole rings is 1. The smallest absolute Gasteiger partial charge is 0.224 e. The van der Waals surface area contributed by atoms with E-state index in [-0.39, 0.29) is 5.91 Å². The summed E-state index contributed by atoms with van der Waals surface area (Å²) in [5.41, 5.74) is 4.72. The minimum absolute atomic E-state index is 0.0424. The van der Waals surface area contributed by atoms with Crippen LogP contribution in [0, 0.1) is 0 Å². The van der Waals surface area contributed by atoms with E-state index in [2.05, 4.69) is 21.4 Å². The third-order valence-electron chi connectivity index (χ3n) is 4.62. The Morgan fingerprint density at radius 2 is 1.82 bits per heavy atom. The van der Waals surface area contributed by atoms with Crippen LogP contribution in [-0.4, -0.2) is 23.0 Å². The van der Waals surface area contributed by atoms with E-state index in [0.29, 0.717) is 24.3 Å². The summed E-state index contributed by atoms with van der Waals surface area (Å²) in [5, 5.41) is 2.91. The lowest BCUT2D eigenvalue weighted by Gasteiger charge is -2.09. The van der Waals surface area contributed by atoms with Gasteiger partial charge in [-0.2, -0.15) is 0 Å². The monoisotopic (exact) mass is 371 g/mol. The maximum absolute atomic E-state index is 12.3. The summed E-state index contributed by atoms with van der Waals surface area (Å²) in [7, 11) is 1.59. The summed E-state index contributed by atoms with van der Waals surface area (Å²) < 4.78 is 5.27. The van der Waals surface area contributed by atoms with Crippen LogP contribution in [0.2, 0.25) is 0 Å². The van der Waals surface area contributed by atoms with Gasteiger partial charge in [-0.1, -0.05) is 48.5 Å². The number of para-hydroxylation sites is 2. The Labute approximate surface area is 163 Å². The van der Waals surface area contributed by atoms with Gasteiger partial charge in [-0.15, -0.1) is 0 Å². The summed E-state index contributed by atoms with van der Waals surface area (Å²) in [6, 6.07) is 23.5. The molecule has 4 aromatic rings. The van der Waals surface area contributed by atoms with Gasteiger partial charge in [0.1, 0.15) is 11.6 Å². The highest BCUT2D eigenvalue weighted by Crippen LogP contribution is 2.24. The van der Waals surface area contributed by atoms with Crippen molar-refractivity contribution in [2.75, 3.05) is 12.4 Å². The van der Waals surface area contributed by atoms with E-state index in [1.54, 1.807) is 7.11 Å². The second-order valence-corrected chi connectivity index (χ2v) is 6.55. The third kappa shape index (κ3) is 3.88. The zero-order valence-corrected chi connectivity index (χ0v) is 15.6. The zero-order chi connectivity index (χ0) is 19.3. The number of H-pyrrole nitrogens is 1. The molecule has 0 aliphatic carbocycles. The lowest BCUT2D eigenvalue weighted by Crippen LogP contribution is -2.13. The minimum Gasteiger partial charge on any atom is -0.495 e. The van der Waals surface area contributed by atoms with E-state index in [1.165, 1.54) is 0 Å². The number of hydrogen-bond acceptors (Lipinski definition) is 3. The Kier molecular flexibility index (Phi) is 5.06. The Hall–Kier alpha value is -3.60. The van der Waals surface area contributed by atoms with Crippen molar-refractivity contribution in [3.63, 3.8) is 0 Å². The number of fused-ring (bicyclic) bond motifs is 1. The number of rotatable bonds is 6. The van der Waals surface area contributed by atoms with Crippen molar-refractivity contribution >= 4 is 22.6 Å². The number of nitrogens with one attached hydrogen (secondary N) is 2. The Morgan fingerprint density at radius 1 is 1.04 bits per heavy atom. The number of carbonyl (C=O) groups is 1. The van der Waals surface area contributed by atoms with Crippen LogP contribution in [0.15, 0.2) is 72.8 Å². The average Bonchev–Trinajstić information content (AvgIpc) is 3.17. The van der Waals surface area contributed by atoms with Crippen molar-refractivity contribution in [1.29, 1.82) is 0 Å². The molecule has 1 aromatic heterocycles. The fraction of sp³-hybridized carbons (Fsp3) is 0.130. The number of nitrogens with zero attached hydrogens (tertiary/aromatic N) is 1. The van der Waals surface area contributed by atoms with Gasteiger partial charge in [-0.25, -0.2) is 4.98 Å². The van der Waals surface area contributed by atoms with Crippen molar-refractivity contribution in [2.45, 2.75) is 12.8 Å². The van der Waals surface area contributed by atoms with Crippen LogP contribution in [-0.2, 0) is 11.2 Å². The highest BCUT2D eigenvalue weighted by molar-refractivity contribution is 5.92. The number of benzene rings is 3. The van der Waals surface area contributed by atoms with Crippen LogP contribution in [0.25, 0.3) is 22.4 Å². The molecular weight excluding hydrogens is 350 g/mol. The van der Waals surface area contributed by atoms with Crippen molar-refractivity contribution in [3.8, 4) is 17.1 Å². The van der Waals surface area contributed by atoms with Gasteiger partial charge in [-0.3, -0.25) is 4.79 Å². The molecule has 140 valence electrons. The molecule has 0 fully saturated rings. The van der Waals surface area contributed by atoms with Gasteiger partial charge < -0.3 is 15.0 Å². The molecule has 0 atom stereocenters. The van der Waals surface area contributed by atoms with Gasteiger partial charge >= 0.3 is 0 Å². The highest BCUT2D eigenvalue weighted by atomic mass is 16.5. The molecule has 2 N–H and O–H groups in total. The van der Waals surface area contributed by atoms with Crippen LogP contribution in [0.1, 0.15) is 12.0 Å². The highest BCUT2D eigenvalue weighted by Gasteiger charge is 2.09. The quantitative estimate of drug-likeness (QED) is 0.511. The van der Waals surface area contributed by atoms with E-state index < -0.39 is 0 Å². The van der Waals surface area contributed by atoms with E-state index in [0.717, 1.165) is 28.0 Å². The average molecular weight is 371 g/mol. The number of anilines is 1. The molecule has 0 aliphatic rings. The molecular formula is C23H21N3O2. The molecule has 1 amide bonds. The lowest BCUT2D eigenvalue weighted by molar-refractivity contribution is -0.116. The normalized spacial score (nSPS) is 10.8. The zero-order valence-electron chi connectivity index (χ0n) is 15.6. The van der Waals surface area contributed by atoms with Gasteiger partial charge in [0.25, 0.3) is 0 Å². The number of amides is 1. The molecule has 0 spiro atoms. The molecule has 0 unspecified atom stereocenters. The molecule has 1 heterocycles. The number of aromatic nitrogens is 2. The summed E-state index contributed by atoms with van der Waals surface area (Å²) >= 11 is 0. The van der Waals surface area contributed by atoms with Gasteiger partial charge in [-0.05, 0) is 36.2 Å². The van der Waals surface area contributed by atoms with Crippen molar-refractivity contribution < 1.29 is 9.53 Å². The van der Waals surface area contributed by atoms with Gasteiger partial charge in [0.05, 0.1) is 23.8 Å². The van der Waals surface area contributed by atoms with Crippen LogP contribution < -0.4 is 10.1 Å². The molecule has 3 aromatic carbocycles. The number of aryl methyl sites for hydroxylation is 1. The summed E-state index contributed by atoms with van der Waals surface area (Å²) in [5.74, 6) is 1.46. The van der Waals surface area contributed by atoms with Gasteiger partial charge in [0.15, 0.2) is 0 Å². The van der Waals surface area contributed by atoms with Gasteiger partial charge in [0, 0.05) is 12.0 Å². The number of hydrogen-bond donors (Lipinski definition) is 2. The SMILES string of the molecule is COc1ccccc1NC(=O)CCc1ccc2nc(-c3ccccc3)[nH]c2c1. The summed E-state index contributed by atoms with van der Waals surface area (Å²) in [6.45, 7) is 0. The number of aromatic amines is 1. The predicted octanol–water partition coefficient (Wildman–Crippen LogP) is 4.81. The molecule has 0 saturated carbocycles. The molecule has 5 heteroatoms. The van der Waals surface area contributed by atoms with Crippen LogP contribution in [0.3, 0.4) is 0 Å². The van der Waals surface area contributed by atoms with E-state index in [4.69, 9.17) is 4.74 Å². The second kappa shape index (κ2) is 7.96. The summed E-state index contributed by atoms with van der Waals surface area (Å²) in [6.07, 6.45) is 1.04. The molecule has 0 aliphatic heterocycles. The maximum atomic E-state index is 12.3. The second-order valence-electron chi connectivity index (χ2n) is 6.55. The van der Waals surface area contributed by atoms with Crippen LogP contribution in [0.5, 0.6) is 5.75 Å². The van der Waals surface area contributed by atoms with E-state index >= 15 is 0 Å². The number of carbonyl (C=O) groups excluding carboxylic acids is 1. The lowest BCUT2D eigenvalue weighted by atomic mass is 10.1. The number of ether oxygens (including phenoxy) is 1. The third-order valence-corrected chi connectivity index (χ3v) is 4.62. The maximum Gasteiger partial charge on any atom is 0.224 e. The fourth-order valence-corrected chi connectivity index (χ4v) is 3.16. The minimum atomic E-state index is -0.0424. The first-order valence-corrected chi connectivity index (χ1v) is 9.20. The molecule has 0 bridgehead atoms. The first kappa shape index (κ1) is 17.8. The molecule has 28 heavy (non-hydrogen) atoms. The van der Waals surface area contributed by atoms with Crippen molar-refractivity contribution in [1.82, 2.24) is 9.97 Å². The van der Waals surface area contributed by atoms with Crippen molar-refractivity contribution in [2.24, 2.45) is 0 Å². The molecule has 5 nitrogen and oxygen atoms in total. The number of methoxy groups -OCH3 is 1. The Morgan fingerprint density at radius 3 is 2.64 bits per heavy atom. The molecule has 0 radical (unpaired) electrons. The fourth-order valence-electron chi connectivity index (χ4n) is 3.16. The largest absolute Gasteiger partial charge is 0.495 e. The van der Waals surface area contributed by atoms with E-state index in [1.807, 2.05) is 66.7 Å². The van der Waals surface area contributed by atoms with Crippen LogP contribution >= 0.6 is 0 Å². The molecule has 0 saturated heterocycles. The Balaban J connectivity index is 1.44. The first-order chi connectivity index (χ1) is 13.7. The standard InChI is InChI=1S/C23H21N3O2/c1-28-21-10-6-5-9-19(21)24-22(27)14-12-16-11-13-18-20(15-16)26-23(25-18)17-7-3-2-4-8-17/h2-11,13,15H,12,14H2,1H3,(H,24,27)(H,25,26). The van der Waals surface area contributed by atoms with E-state index in [9.17, 15) is 4.79 Å². The first-order valence-electron chi connectivity index (χ1n) is 9.20. The molecule has 4 rings (SSSR count). The predicted molar refractivity (Wildman–Crippen MR) is 111 cm³/mol. The topological polar surface area (TPSA) is 67.0 Å². The van der Waals surface area contributed by atoms with Gasteiger partial charge in [0.2, 0.25) is 5.91 Å². The summed E-state index contributed by atoms with van der Waals surface area (Å²) in [4.78, 5) is 20.3.